The Labute approximate surface area is 167 Å². The maximum absolute atomic E-state index is 12.7. The highest BCUT2D eigenvalue weighted by molar-refractivity contribution is 7.89. The number of pyridine rings is 1. The quantitative estimate of drug-likeness (QED) is 0.755. The van der Waals surface area contributed by atoms with Crippen LogP contribution in [0, 0.1) is 0 Å². The van der Waals surface area contributed by atoms with Gasteiger partial charge in [-0.2, -0.15) is 0 Å². The predicted octanol–water partition coefficient (Wildman–Crippen LogP) is 1.55. The summed E-state index contributed by atoms with van der Waals surface area (Å²) in [7, 11) is -3.93. The predicted molar refractivity (Wildman–Crippen MR) is 104 cm³/mol. The standard InChI is InChI=1S/C18H20ClN3O5S/c1-11(2)21-7-8-22-12(9-14(23)17(24)16(22)18(21)25)10-20-28(26,27)15-6-4-3-5-13(15)19/h3-6,9,11,20,24H,7-8,10H2,1-2H3. The van der Waals surface area contributed by atoms with Crippen LogP contribution in [-0.4, -0.2) is 41.5 Å². The molecule has 0 saturated carbocycles. The Morgan fingerprint density at radius 1 is 1.21 bits per heavy atom. The molecule has 0 radical (unpaired) electrons. The monoisotopic (exact) mass is 425 g/mol. The summed E-state index contributed by atoms with van der Waals surface area (Å²) in [6.45, 7) is 4.16. The second kappa shape index (κ2) is 7.57. The van der Waals surface area contributed by atoms with Gasteiger partial charge in [0.1, 0.15) is 4.90 Å². The van der Waals surface area contributed by atoms with Crippen LogP contribution in [-0.2, 0) is 23.1 Å². The molecular formula is C18H20ClN3O5S. The van der Waals surface area contributed by atoms with Crippen LogP contribution in [0.15, 0.2) is 40.0 Å². The zero-order valence-electron chi connectivity index (χ0n) is 15.3. The van der Waals surface area contributed by atoms with E-state index in [0.717, 1.165) is 6.07 Å². The molecular weight excluding hydrogens is 406 g/mol. The van der Waals surface area contributed by atoms with E-state index in [0.29, 0.717) is 13.1 Å². The topological polar surface area (TPSA) is 109 Å². The number of hydrogen-bond donors (Lipinski definition) is 2. The van der Waals surface area contributed by atoms with Gasteiger partial charge in [-0.25, -0.2) is 13.1 Å². The SMILES string of the molecule is CC(C)N1CCn2c(CNS(=O)(=O)c3ccccc3Cl)cc(=O)c(O)c2C1=O. The molecule has 0 aliphatic carbocycles. The molecule has 150 valence electrons. The zero-order valence-corrected chi connectivity index (χ0v) is 16.9. The van der Waals surface area contributed by atoms with Gasteiger partial charge in [0.2, 0.25) is 15.5 Å². The van der Waals surface area contributed by atoms with Gasteiger partial charge in [-0.3, -0.25) is 9.59 Å². The van der Waals surface area contributed by atoms with Crippen LogP contribution in [0.1, 0.15) is 30.0 Å². The van der Waals surface area contributed by atoms with Crippen molar-refractivity contribution >= 4 is 27.5 Å². The van der Waals surface area contributed by atoms with Crippen molar-refractivity contribution in [2.75, 3.05) is 6.54 Å². The number of halogens is 1. The molecule has 2 heterocycles. The Morgan fingerprint density at radius 3 is 2.54 bits per heavy atom. The Kier molecular flexibility index (Phi) is 5.51. The number of carbonyl (C=O) groups is 1. The lowest BCUT2D eigenvalue weighted by atomic mass is 10.1. The molecule has 0 bridgehead atoms. The molecule has 2 N–H and O–H groups in total. The van der Waals surface area contributed by atoms with E-state index in [2.05, 4.69) is 4.72 Å². The minimum atomic E-state index is -3.93. The highest BCUT2D eigenvalue weighted by Gasteiger charge is 2.31. The van der Waals surface area contributed by atoms with Crippen LogP contribution in [0.3, 0.4) is 0 Å². The Morgan fingerprint density at radius 2 is 1.89 bits per heavy atom. The summed E-state index contributed by atoms with van der Waals surface area (Å²) < 4.78 is 29.0. The highest BCUT2D eigenvalue weighted by Crippen LogP contribution is 2.24. The van der Waals surface area contributed by atoms with Crippen molar-refractivity contribution in [3.63, 3.8) is 0 Å². The average molecular weight is 426 g/mol. The molecule has 1 aliphatic rings. The van der Waals surface area contributed by atoms with Crippen molar-refractivity contribution in [2.24, 2.45) is 0 Å². The van der Waals surface area contributed by atoms with E-state index < -0.39 is 27.1 Å². The Hall–Kier alpha value is -2.36. The molecule has 0 unspecified atom stereocenters. The fourth-order valence-corrected chi connectivity index (χ4v) is 4.67. The fraction of sp³-hybridized carbons (Fsp3) is 0.333. The van der Waals surface area contributed by atoms with Gasteiger partial charge < -0.3 is 14.6 Å². The van der Waals surface area contributed by atoms with Gasteiger partial charge in [-0.1, -0.05) is 23.7 Å². The van der Waals surface area contributed by atoms with Crippen molar-refractivity contribution in [3.8, 4) is 5.75 Å². The first-order valence-corrected chi connectivity index (χ1v) is 10.5. The van der Waals surface area contributed by atoms with E-state index in [-0.39, 0.29) is 33.9 Å². The fourth-order valence-electron chi connectivity index (χ4n) is 3.15. The van der Waals surface area contributed by atoms with Crippen LogP contribution in [0.4, 0.5) is 0 Å². The summed E-state index contributed by atoms with van der Waals surface area (Å²) in [4.78, 5) is 26.3. The summed E-state index contributed by atoms with van der Waals surface area (Å²) in [5.41, 5.74) is -0.582. The molecule has 2 aromatic rings. The number of carbonyl (C=O) groups excluding carboxylic acids is 1. The number of amides is 1. The summed E-state index contributed by atoms with van der Waals surface area (Å²) in [5.74, 6) is -1.10. The number of sulfonamides is 1. The molecule has 28 heavy (non-hydrogen) atoms. The van der Waals surface area contributed by atoms with Crippen molar-refractivity contribution in [1.29, 1.82) is 0 Å². The van der Waals surface area contributed by atoms with Gasteiger partial charge in [-0.05, 0) is 26.0 Å². The molecule has 0 fully saturated rings. The maximum atomic E-state index is 12.7. The molecule has 1 amide bonds. The lowest BCUT2D eigenvalue weighted by Crippen LogP contribution is -2.46. The number of aromatic hydroxyl groups is 1. The number of rotatable bonds is 5. The van der Waals surface area contributed by atoms with Gasteiger partial charge in [-0.15, -0.1) is 0 Å². The molecule has 1 aliphatic heterocycles. The second-order valence-corrected chi connectivity index (χ2v) is 8.84. The zero-order chi connectivity index (χ0) is 20.6. The Bertz CT molecular complexity index is 1090. The minimum Gasteiger partial charge on any atom is -0.503 e. The first-order chi connectivity index (χ1) is 13.1. The number of nitrogens with one attached hydrogen (secondary N) is 1. The maximum Gasteiger partial charge on any atom is 0.274 e. The largest absolute Gasteiger partial charge is 0.503 e. The molecule has 0 atom stereocenters. The van der Waals surface area contributed by atoms with Gasteiger partial charge in [0.25, 0.3) is 5.91 Å². The van der Waals surface area contributed by atoms with Crippen LogP contribution in [0.2, 0.25) is 5.02 Å². The smallest absolute Gasteiger partial charge is 0.274 e. The lowest BCUT2D eigenvalue weighted by Gasteiger charge is -2.34. The lowest BCUT2D eigenvalue weighted by molar-refractivity contribution is 0.0639. The van der Waals surface area contributed by atoms with Gasteiger partial charge in [0.15, 0.2) is 11.4 Å². The van der Waals surface area contributed by atoms with E-state index in [4.69, 9.17) is 11.6 Å². The molecule has 10 heteroatoms. The number of hydrogen-bond acceptors (Lipinski definition) is 5. The normalized spacial score (nSPS) is 14.4. The van der Waals surface area contributed by atoms with E-state index >= 15 is 0 Å². The number of aromatic nitrogens is 1. The van der Waals surface area contributed by atoms with Crippen LogP contribution >= 0.6 is 11.6 Å². The average Bonchev–Trinajstić information content (AvgIpc) is 2.63. The van der Waals surface area contributed by atoms with Crippen molar-refractivity contribution < 1.29 is 18.3 Å². The van der Waals surface area contributed by atoms with Crippen molar-refractivity contribution in [3.05, 3.63) is 57.0 Å². The van der Waals surface area contributed by atoms with E-state index in [1.807, 2.05) is 13.8 Å². The van der Waals surface area contributed by atoms with Gasteiger partial charge in [0.05, 0.1) is 11.6 Å². The van der Waals surface area contributed by atoms with Crippen LogP contribution in [0.5, 0.6) is 5.75 Å². The van der Waals surface area contributed by atoms with E-state index in [9.17, 15) is 23.1 Å². The first kappa shape index (κ1) is 20.4. The molecule has 8 nitrogen and oxygen atoms in total. The number of fused-ring (bicyclic) bond motifs is 1. The Balaban J connectivity index is 1.97. The summed E-state index contributed by atoms with van der Waals surface area (Å²) in [6.07, 6.45) is 0. The number of benzene rings is 1. The highest BCUT2D eigenvalue weighted by atomic mass is 35.5. The molecule has 1 aromatic heterocycles. The first-order valence-electron chi connectivity index (χ1n) is 8.64. The molecule has 1 aromatic carbocycles. The molecule has 3 rings (SSSR count). The summed E-state index contributed by atoms with van der Waals surface area (Å²) in [6, 6.07) is 7.02. The van der Waals surface area contributed by atoms with Gasteiger partial charge >= 0.3 is 0 Å². The van der Waals surface area contributed by atoms with E-state index in [1.54, 1.807) is 17.0 Å². The third kappa shape index (κ3) is 3.65. The third-order valence-electron chi connectivity index (χ3n) is 4.59. The van der Waals surface area contributed by atoms with Crippen LogP contribution < -0.4 is 10.2 Å². The molecule has 0 saturated heterocycles. The van der Waals surface area contributed by atoms with Crippen molar-refractivity contribution in [2.45, 2.75) is 37.9 Å². The van der Waals surface area contributed by atoms with Crippen LogP contribution in [0.25, 0.3) is 0 Å². The summed E-state index contributed by atoms with van der Waals surface area (Å²) in [5, 5.41) is 10.2. The summed E-state index contributed by atoms with van der Waals surface area (Å²) >= 11 is 5.96. The van der Waals surface area contributed by atoms with Crippen molar-refractivity contribution in [1.82, 2.24) is 14.2 Å². The minimum absolute atomic E-state index is 0.0719. The third-order valence-corrected chi connectivity index (χ3v) is 6.49. The molecule has 0 spiro atoms. The van der Waals surface area contributed by atoms with Gasteiger partial charge in [0, 0.05) is 30.9 Å². The van der Waals surface area contributed by atoms with E-state index in [1.165, 1.54) is 16.7 Å². The second-order valence-electron chi connectivity index (χ2n) is 6.70. The number of nitrogens with zero attached hydrogens (tertiary/aromatic N) is 2.